The van der Waals surface area contributed by atoms with Gasteiger partial charge in [0.25, 0.3) is 0 Å². The molecule has 2 aromatic rings. The molecule has 2 rings (SSSR count). The lowest BCUT2D eigenvalue weighted by molar-refractivity contribution is 0.379. The molecule has 21 heavy (non-hydrogen) atoms. The summed E-state index contributed by atoms with van der Waals surface area (Å²) < 4.78 is 5.09. The van der Waals surface area contributed by atoms with Gasteiger partial charge in [0.05, 0.1) is 19.6 Å². The first-order valence-electron chi connectivity index (χ1n) is 6.46. The lowest BCUT2D eigenvalue weighted by Gasteiger charge is -2.22. The van der Waals surface area contributed by atoms with Crippen molar-refractivity contribution in [3.8, 4) is 12.1 Å². The number of benzene rings is 1. The summed E-state index contributed by atoms with van der Waals surface area (Å²) in [6, 6.07) is 12.0. The number of ether oxygens (including phenoxy) is 1. The average molecular weight is 284 g/mol. The molecule has 7 heteroatoms. The summed E-state index contributed by atoms with van der Waals surface area (Å²) in [4.78, 5) is 14.5. The van der Waals surface area contributed by atoms with Crippen molar-refractivity contribution < 1.29 is 4.74 Å². The van der Waals surface area contributed by atoms with Gasteiger partial charge in [-0.15, -0.1) is 0 Å². The first-order chi connectivity index (χ1) is 10.3. The highest BCUT2D eigenvalue weighted by Gasteiger charge is 2.15. The van der Waals surface area contributed by atoms with E-state index in [-0.39, 0.29) is 6.01 Å². The van der Waals surface area contributed by atoms with E-state index in [1.165, 1.54) is 7.11 Å². The predicted octanol–water partition coefficient (Wildman–Crippen LogP) is 1.97. The maximum atomic E-state index is 8.84. The minimum atomic E-state index is 0.224. The number of anilines is 3. The van der Waals surface area contributed by atoms with Crippen molar-refractivity contribution in [3.05, 3.63) is 30.3 Å². The third-order valence-electron chi connectivity index (χ3n) is 2.77. The largest absolute Gasteiger partial charge is 0.467 e. The number of nitriles is 1. The van der Waals surface area contributed by atoms with Gasteiger partial charge in [-0.3, -0.25) is 0 Å². The van der Waals surface area contributed by atoms with Gasteiger partial charge in [0.15, 0.2) is 0 Å². The predicted molar refractivity (Wildman–Crippen MR) is 79.6 cm³/mol. The van der Waals surface area contributed by atoms with Crippen LogP contribution in [0.4, 0.5) is 17.6 Å². The Bertz CT molecular complexity index is 603. The molecule has 0 aliphatic heterocycles. The van der Waals surface area contributed by atoms with Crippen LogP contribution in [0.5, 0.6) is 6.01 Å². The normalized spacial score (nSPS) is 9.76. The van der Waals surface area contributed by atoms with Gasteiger partial charge in [0.1, 0.15) is 0 Å². The number of nitrogens with one attached hydrogen (secondary N) is 1. The molecule has 0 amide bonds. The SMILES string of the molecule is CNc1nc(OC)nc(N(CCC#N)c2ccccc2)n1. The summed E-state index contributed by atoms with van der Waals surface area (Å²) in [5.74, 6) is 0.849. The van der Waals surface area contributed by atoms with E-state index < -0.39 is 0 Å². The molecule has 7 nitrogen and oxygen atoms in total. The van der Waals surface area contributed by atoms with E-state index in [0.29, 0.717) is 24.9 Å². The Balaban J connectivity index is 2.43. The van der Waals surface area contributed by atoms with E-state index in [4.69, 9.17) is 10.00 Å². The van der Waals surface area contributed by atoms with Gasteiger partial charge in [-0.25, -0.2) is 0 Å². The maximum absolute atomic E-state index is 8.84. The van der Waals surface area contributed by atoms with E-state index in [2.05, 4.69) is 26.3 Å². The number of aromatic nitrogens is 3. The van der Waals surface area contributed by atoms with Gasteiger partial charge in [-0.05, 0) is 12.1 Å². The van der Waals surface area contributed by atoms with Crippen LogP contribution < -0.4 is 15.0 Å². The smallest absolute Gasteiger partial charge is 0.322 e. The number of hydrogen-bond acceptors (Lipinski definition) is 7. The molecule has 0 spiro atoms. The van der Waals surface area contributed by atoms with E-state index >= 15 is 0 Å². The highest BCUT2D eigenvalue weighted by Crippen LogP contribution is 2.24. The third-order valence-corrected chi connectivity index (χ3v) is 2.77. The molecule has 1 aromatic carbocycles. The lowest BCUT2D eigenvalue weighted by Crippen LogP contribution is -2.21. The molecule has 0 aliphatic carbocycles. The molecular weight excluding hydrogens is 268 g/mol. The van der Waals surface area contributed by atoms with Gasteiger partial charge in [0, 0.05) is 19.3 Å². The fourth-order valence-electron chi connectivity index (χ4n) is 1.78. The Hall–Kier alpha value is -2.88. The van der Waals surface area contributed by atoms with Gasteiger partial charge >= 0.3 is 6.01 Å². The van der Waals surface area contributed by atoms with E-state index in [0.717, 1.165) is 5.69 Å². The van der Waals surface area contributed by atoms with Crippen molar-refractivity contribution in [2.45, 2.75) is 6.42 Å². The number of para-hydroxylation sites is 1. The Morgan fingerprint density at radius 3 is 2.62 bits per heavy atom. The molecule has 0 saturated heterocycles. The molecule has 0 atom stereocenters. The summed E-state index contributed by atoms with van der Waals surface area (Å²) in [6.45, 7) is 0.483. The Labute approximate surface area is 123 Å². The van der Waals surface area contributed by atoms with Gasteiger partial charge in [-0.2, -0.15) is 20.2 Å². The second kappa shape index (κ2) is 7.05. The van der Waals surface area contributed by atoms with Gasteiger partial charge in [0.2, 0.25) is 11.9 Å². The van der Waals surface area contributed by atoms with E-state index in [1.54, 1.807) is 7.05 Å². The van der Waals surface area contributed by atoms with Crippen LogP contribution in [0, 0.1) is 11.3 Å². The molecule has 0 fully saturated rings. The number of methoxy groups -OCH3 is 1. The molecular formula is C14H16N6O. The highest BCUT2D eigenvalue weighted by molar-refractivity contribution is 5.58. The van der Waals surface area contributed by atoms with Crippen molar-refractivity contribution in [2.24, 2.45) is 0 Å². The molecule has 108 valence electrons. The highest BCUT2D eigenvalue weighted by atomic mass is 16.5. The molecule has 0 saturated carbocycles. The Kier molecular flexibility index (Phi) is 4.88. The number of rotatable bonds is 6. The zero-order valence-electron chi connectivity index (χ0n) is 11.9. The van der Waals surface area contributed by atoms with Crippen molar-refractivity contribution >= 4 is 17.6 Å². The lowest BCUT2D eigenvalue weighted by atomic mass is 10.3. The minimum absolute atomic E-state index is 0.224. The van der Waals surface area contributed by atoms with Gasteiger partial charge < -0.3 is 15.0 Å². The molecule has 0 unspecified atom stereocenters. The zero-order valence-corrected chi connectivity index (χ0v) is 11.9. The van der Waals surface area contributed by atoms with Crippen LogP contribution in [0.15, 0.2) is 30.3 Å². The van der Waals surface area contributed by atoms with Crippen LogP contribution in [-0.4, -0.2) is 35.7 Å². The van der Waals surface area contributed by atoms with Crippen LogP contribution in [-0.2, 0) is 0 Å². The summed E-state index contributed by atoms with van der Waals surface area (Å²) in [5, 5.41) is 11.7. The first-order valence-corrected chi connectivity index (χ1v) is 6.46. The van der Waals surface area contributed by atoms with Crippen molar-refractivity contribution in [1.29, 1.82) is 5.26 Å². The second-order valence-electron chi connectivity index (χ2n) is 4.09. The fraction of sp³-hybridized carbons (Fsp3) is 0.286. The van der Waals surface area contributed by atoms with Crippen LogP contribution >= 0.6 is 0 Å². The summed E-state index contributed by atoms with van der Waals surface area (Å²) in [5.41, 5.74) is 0.906. The second-order valence-corrected chi connectivity index (χ2v) is 4.09. The molecule has 0 bridgehead atoms. The summed E-state index contributed by atoms with van der Waals surface area (Å²) >= 11 is 0. The average Bonchev–Trinajstić information content (AvgIpc) is 2.55. The van der Waals surface area contributed by atoms with Gasteiger partial charge in [-0.1, -0.05) is 18.2 Å². The summed E-state index contributed by atoms with van der Waals surface area (Å²) in [7, 11) is 3.22. The fourth-order valence-corrected chi connectivity index (χ4v) is 1.78. The van der Waals surface area contributed by atoms with Crippen LogP contribution in [0.3, 0.4) is 0 Å². The Morgan fingerprint density at radius 1 is 1.24 bits per heavy atom. The zero-order chi connectivity index (χ0) is 15.1. The Morgan fingerprint density at radius 2 is 2.00 bits per heavy atom. The topological polar surface area (TPSA) is 87.0 Å². The minimum Gasteiger partial charge on any atom is -0.467 e. The molecule has 0 aliphatic rings. The number of nitrogens with zero attached hydrogens (tertiary/aromatic N) is 5. The van der Waals surface area contributed by atoms with Crippen molar-refractivity contribution in [3.63, 3.8) is 0 Å². The maximum Gasteiger partial charge on any atom is 0.322 e. The molecule has 0 radical (unpaired) electrons. The van der Waals surface area contributed by atoms with Crippen LogP contribution in [0.25, 0.3) is 0 Å². The van der Waals surface area contributed by atoms with Crippen LogP contribution in [0.1, 0.15) is 6.42 Å². The summed E-state index contributed by atoms with van der Waals surface area (Å²) in [6.07, 6.45) is 0.359. The van der Waals surface area contributed by atoms with E-state index in [1.807, 2.05) is 35.2 Å². The number of hydrogen-bond donors (Lipinski definition) is 1. The molecule has 1 aromatic heterocycles. The standard InChI is InChI=1S/C14H16N6O/c1-16-12-17-13(19-14(18-12)21-2)20(10-6-9-15)11-7-4-3-5-8-11/h3-5,7-8H,6,10H2,1-2H3,(H,16,17,18,19). The van der Waals surface area contributed by atoms with E-state index in [9.17, 15) is 0 Å². The molecule has 1 heterocycles. The van der Waals surface area contributed by atoms with Crippen LogP contribution in [0.2, 0.25) is 0 Å². The monoisotopic (exact) mass is 284 g/mol. The first kappa shape index (κ1) is 14.5. The molecule has 1 N–H and O–H groups in total. The van der Waals surface area contributed by atoms with Crippen molar-refractivity contribution in [1.82, 2.24) is 15.0 Å². The third kappa shape index (κ3) is 3.57. The van der Waals surface area contributed by atoms with Crippen molar-refractivity contribution in [2.75, 3.05) is 30.9 Å². The quantitative estimate of drug-likeness (QED) is 0.867.